The fourth-order valence-electron chi connectivity index (χ4n) is 5.03. The summed E-state index contributed by atoms with van der Waals surface area (Å²) in [5.74, 6) is 2.78. The summed E-state index contributed by atoms with van der Waals surface area (Å²) in [5, 5.41) is 4.66. The van der Waals surface area contributed by atoms with Crippen LogP contribution in [-0.2, 0) is 4.57 Å². The molecule has 6 aromatic rings. The third-order valence-electron chi connectivity index (χ3n) is 7.00. The number of hydrogen-bond donors (Lipinski definition) is 0. The molecule has 38 heavy (non-hydrogen) atoms. The second kappa shape index (κ2) is 9.06. The van der Waals surface area contributed by atoms with E-state index in [2.05, 4.69) is 12.1 Å². The van der Waals surface area contributed by atoms with Gasteiger partial charge >= 0.3 is 0 Å². The second-order valence-corrected chi connectivity index (χ2v) is 12.1. The van der Waals surface area contributed by atoms with Crippen molar-refractivity contribution in [2.75, 3.05) is 0 Å². The SMILES string of the molecule is O=P(c1ccccc1)(c1ccccc1)c1ccc(-c2ccc3c(c2)Oc2cc4ccccc4cc2O3)cc1. The van der Waals surface area contributed by atoms with Crippen LogP contribution in [0.25, 0.3) is 21.9 Å². The summed E-state index contributed by atoms with van der Waals surface area (Å²) in [6, 6.07) is 45.6. The predicted molar refractivity (Wildman–Crippen MR) is 155 cm³/mol. The van der Waals surface area contributed by atoms with E-state index >= 15 is 0 Å². The molecule has 0 bridgehead atoms. The molecular weight excluding hydrogens is 487 g/mol. The van der Waals surface area contributed by atoms with Crippen molar-refractivity contribution in [2.24, 2.45) is 0 Å². The van der Waals surface area contributed by atoms with E-state index in [9.17, 15) is 4.57 Å². The van der Waals surface area contributed by atoms with E-state index in [1.165, 1.54) is 0 Å². The maximum atomic E-state index is 14.6. The van der Waals surface area contributed by atoms with Gasteiger partial charge in [-0.2, -0.15) is 0 Å². The highest BCUT2D eigenvalue weighted by Gasteiger charge is 2.29. The van der Waals surface area contributed by atoms with Crippen molar-refractivity contribution in [3.63, 3.8) is 0 Å². The van der Waals surface area contributed by atoms with Gasteiger partial charge in [0.1, 0.15) is 0 Å². The fourth-order valence-corrected chi connectivity index (χ4v) is 7.68. The molecule has 0 fully saturated rings. The lowest BCUT2D eigenvalue weighted by Crippen LogP contribution is -2.24. The lowest BCUT2D eigenvalue weighted by molar-refractivity contribution is 0.360. The van der Waals surface area contributed by atoms with Gasteiger partial charge in [0, 0.05) is 15.9 Å². The first-order valence-electron chi connectivity index (χ1n) is 12.5. The van der Waals surface area contributed by atoms with Crippen LogP contribution in [0.15, 0.2) is 140 Å². The van der Waals surface area contributed by atoms with Crippen LogP contribution in [0.3, 0.4) is 0 Å². The number of benzene rings is 6. The molecule has 1 aliphatic heterocycles. The molecule has 4 heteroatoms. The molecule has 182 valence electrons. The van der Waals surface area contributed by atoms with E-state index in [0.717, 1.165) is 37.8 Å². The van der Waals surface area contributed by atoms with Gasteiger partial charge in [-0.05, 0) is 46.2 Å². The molecular formula is C34H23O3P. The van der Waals surface area contributed by atoms with Crippen molar-refractivity contribution in [2.45, 2.75) is 0 Å². The summed E-state index contributed by atoms with van der Waals surface area (Å²) in [5.41, 5.74) is 2.01. The van der Waals surface area contributed by atoms with Crippen LogP contribution in [0.2, 0.25) is 0 Å². The highest BCUT2D eigenvalue weighted by Crippen LogP contribution is 2.48. The summed E-state index contributed by atoms with van der Waals surface area (Å²) >= 11 is 0. The smallest absolute Gasteiger partial charge is 0.171 e. The minimum Gasteiger partial charge on any atom is -0.449 e. The zero-order valence-electron chi connectivity index (χ0n) is 20.5. The molecule has 0 aliphatic carbocycles. The summed E-state index contributed by atoms with van der Waals surface area (Å²) < 4.78 is 27.1. The average Bonchev–Trinajstić information content (AvgIpc) is 2.99. The first kappa shape index (κ1) is 22.6. The molecule has 0 saturated carbocycles. The topological polar surface area (TPSA) is 35.5 Å². The fraction of sp³-hybridized carbons (Fsp3) is 0. The van der Waals surface area contributed by atoms with Crippen LogP contribution >= 0.6 is 7.14 Å². The Bertz CT molecular complexity index is 1780. The van der Waals surface area contributed by atoms with Gasteiger partial charge in [0.05, 0.1) is 0 Å². The zero-order valence-corrected chi connectivity index (χ0v) is 21.3. The van der Waals surface area contributed by atoms with Crippen molar-refractivity contribution in [1.29, 1.82) is 0 Å². The van der Waals surface area contributed by atoms with Gasteiger partial charge in [0.25, 0.3) is 0 Å². The Morgan fingerprint density at radius 3 is 1.42 bits per heavy atom. The van der Waals surface area contributed by atoms with Crippen LogP contribution in [0.5, 0.6) is 23.0 Å². The number of rotatable bonds is 4. The van der Waals surface area contributed by atoms with Crippen molar-refractivity contribution >= 4 is 33.8 Å². The molecule has 6 aromatic carbocycles. The van der Waals surface area contributed by atoms with E-state index in [1.54, 1.807) is 0 Å². The van der Waals surface area contributed by atoms with E-state index < -0.39 is 7.14 Å². The van der Waals surface area contributed by atoms with Crippen LogP contribution in [-0.4, -0.2) is 0 Å². The van der Waals surface area contributed by atoms with Crippen LogP contribution in [0.4, 0.5) is 0 Å². The Balaban J connectivity index is 1.24. The van der Waals surface area contributed by atoms with Crippen molar-refractivity contribution in [3.05, 3.63) is 140 Å². The third-order valence-corrected chi connectivity index (χ3v) is 10.1. The maximum Gasteiger partial charge on any atom is 0.171 e. The monoisotopic (exact) mass is 510 g/mol. The van der Waals surface area contributed by atoms with Crippen molar-refractivity contribution in [1.82, 2.24) is 0 Å². The zero-order chi connectivity index (χ0) is 25.5. The summed E-state index contributed by atoms with van der Waals surface area (Å²) in [6.07, 6.45) is 0. The summed E-state index contributed by atoms with van der Waals surface area (Å²) in [7, 11) is -3.01. The van der Waals surface area contributed by atoms with Crippen molar-refractivity contribution < 1.29 is 14.0 Å². The Hall–Kier alpha value is -4.59. The highest BCUT2D eigenvalue weighted by atomic mass is 31.2. The minimum absolute atomic E-state index is 0.675. The van der Waals surface area contributed by atoms with Gasteiger partial charge in [-0.3, -0.25) is 0 Å². The van der Waals surface area contributed by atoms with Crippen LogP contribution in [0.1, 0.15) is 0 Å². The molecule has 3 nitrogen and oxygen atoms in total. The number of hydrogen-bond acceptors (Lipinski definition) is 3. The molecule has 0 atom stereocenters. The molecule has 0 aromatic heterocycles. The largest absolute Gasteiger partial charge is 0.449 e. The van der Waals surface area contributed by atoms with Gasteiger partial charge < -0.3 is 14.0 Å². The Labute approximate surface area is 221 Å². The van der Waals surface area contributed by atoms with Crippen molar-refractivity contribution in [3.8, 4) is 34.1 Å². The number of fused-ring (bicyclic) bond motifs is 3. The lowest BCUT2D eigenvalue weighted by atomic mass is 10.0. The minimum atomic E-state index is -3.01. The van der Waals surface area contributed by atoms with Gasteiger partial charge in [0.2, 0.25) is 0 Å². The molecule has 0 radical (unpaired) electrons. The number of ether oxygens (including phenoxy) is 2. The quantitative estimate of drug-likeness (QED) is 0.225. The van der Waals surface area contributed by atoms with Gasteiger partial charge in [-0.1, -0.05) is 115 Å². The maximum absolute atomic E-state index is 14.6. The Morgan fingerprint density at radius 2 is 0.842 bits per heavy atom. The second-order valence-electron chi connectivity index (χ2n) is 9.34. The first-order chi connectivity index (χ1) is 18.7. The van der Waals surface area contributed by atoms with Crippen LogP contribution < -0.4 is 25.4 Å². The molecule has 0 saturated heterocycles. The van der Waals surface area contributed by atoms with Gasteiger partial charge in [0.15, 0.2) is 30.1 Å². The Morgan fingerprint density at radius 1 is 0.395 bits per heavy atom. The van der Waals surface area contributed by atoms with E-state index in [-0.39, 0.29) is 0 Å². The van der Waals surface area contributed by atoms with Crippen LogP contribution in [0, 0.1) is 0 Å². The molecule has 1 heterocycles. The van der Waals surface area contributed by atoms with Gasteiger partial charge in [-0.15, -0.1) is 0 Å². The molecule has 0 unspecified atom stereocenters. The third kappa shape index (κ3) is 3.80. The molecule has 0 spiro atoms. The van der Waals surface area contributed by atoms with E-state index in [0.29, 0.717) is 23.0 Å². The standard InChI is InChI=1S/C34H23O3P/c35-38(28-11-3-1-4-12-28,29-13-5-2-6-14-29)30-18-15-24(16-19-30)27-17-20-31-32(23-27)37-34-22-26-10-8-7-9-25(26)21-33(34)36-31/h1-23H. The van der Waals surface area contributed by atoms with E-state index in [4.69, 9.17) is 9.47 Å². The lowest BCUT2D eigenvalue weighted by Gasteiger charge is -2.22. The highest BCUT2D eigenvalue weighted by molar-refractivity contribution is 7.85. The normalized spacial score (nSPS) is 12.2. The molecule has 7 rings (SSSR count). The summed E-state index contributed by atoms with van der Waals surface area (Å²) in [6.45, 7) is 0. The molecule has 1 aliphatic rings. The van der Waals surface area contributed by atoms with E-state index in [1.807, 2.05) is 127 Å². The summed E-state index contributed by atoms with van der Waals surface area (Å²) in [4.78, 5) is 0. The Kier molecular flexibility index (Phi) is 5.39. The molecule has 0 N–H and O–H groups in total. The average molecular weight is 511 g/mol. The predicted octanol–water partition coefficient (Wildman–Crippen LogP) is 8.04. The first-order valence-corrected chi connectivity index (χ1v) is 14.2. The van der Waals surface area contributed by atoms with Gasteiger partial charge in [-0.25, -0.2) is 0 Å². The molecule has 0 amide bonds.